The van der Waals surface area contributed by atoms with Gasteiger partial charge in [-0.2, -0.15) is 4.98 Å². The first-order valence-electron chi connectivity index (χ1n) is 22.4. The van der Waals surface area contributed by atoms with Crippen LogP contribution >= 0.6 is 18.7 Å². The van der Waals surface area contributed by atoms with Crippen molar-refractivity contribution in [1.29, 1.82) is 0 Å². The summed E-state index contributed by atoms with van der Waals surface area (Å²) in [7, 11) is -0.884. The van der Waals surface area contributed by atoms with Crippen LogP contribution in [0.15, 0.2) is 60.8 Å². The fraction of sp³-hybridized carbons (Fsp3) is 0.468. The minimum atomic E-state index is -2.56. The Morgan fingerprint density at radius 1 is 0.953 bits per heavy atom. The first kappa shape index (κ1) is 44.0. The number of hydrogen-bond acceptors (Lipinski definition) is 13. The van der Waals surface area contributed by atoms with E-state index in [0.717, 1.165) is 75.1 Å². The molecule has 3 N–H and O–H groups in total. The van der Waals surface area contributed by atoms with Crippen molar-refractivity contribution in [1.82, 2.24) is 30.0 Å². The van der Waals surface area contributed by atoms with E-state index in [1.807, 2.05) is 36.4 Å². The van der Waals surface area contributed by atoms with Crippen molar-refractivity contribution in [3.8, 4) is 11.5 Å². The molecule has 3 amide bonds. The summed E-state index contributed by atoms with van der Waals surface area (Å²) in [4.78, 5) is 56.2. The van der Waals surface area contributed by atoms with E-state index in [9.17, 15) is 18.9 Å². The lowest BCUT2D eigenvalue weighted by Gasteiger charge is -2.47. The molecule has 1 saturated carbocycles. The van der Waals surface area contributed by atoms with E-state index in [1.54, 1.807) is 37.6 Å². The molecular weight excluding hydrogens is 853 g/mol. The largest absolute Gasteiger partial charge is 0.494 e. The summed E-state index contributed by atoms with van der Waals surface area (Å²) in [6, 6.07) is 17.2. The number of piperazine rings is 1. The quantitative estimate of drug-likeness (QED) is 0.0944. The third-order valence-corrected chi connectivity index (χ3v) is 15.5. The Hall–Kier alpha value is -5.21. The normalized spacial score (nSPS) is 20.3. The zero-order chi connectivity index (χ0) is 44.8. The number of amides is 3. The Morgan fingerprint density at radius 2 is 1.75 bits per heavy atom. The summed E-state index contributed by atoms with van der Waals surface area (Å²) in [5.74, 6) is 1.25. The molecule has 0 bridgehead atoms. The molecule has 9 rings (SSSR count). The number of hydrogen-bond donors (Lipinski definition) is 3. The first-order valence-corrected chi connectivity index (χ1v) is 25.4. The molecule has 1 aliphatic carbocycles. The van der Waals surface area contributed by atoms with E-state index in [-0.39, 0.29) is 23.8 Å². The number of para-hydroxylation sites is 1. The number of nitrogens with zero attached hydrogens (tertiary/aromatic N) is 6. The van der Waals surface area contributed by atoms with Gasteiger partial charge in [0.25, 0.3) is 5.91 Å². The van der Waals surface area contributed by atoms with Crippen molar-refractivity contribution >= 4 is 70.6 Å². The summed E-state index contributed by atoms with van der Waals surface area (Å²) in [6.45, 7) is 12.3. The van der Waals surface area contributed by atoms with Crippen LogP contribution in [-0.2, 0) is 27.1 Å². The number of methoxy groups -OCH3 is 1. The molecule has 64 heavy (non-hydrogen) atoms. The lowest BCUT2D eigenvalue weighted by Crippen LogP contribution is -2.59. The molecule has 0 radical (unpaired) electrons. The second kappa shape index (κ2) is 18.0. The predicted octanol–water partition coefficient (Wildman–Crippen LogP) is 6.40. The second-order valence-corrected chi connectivity index (χ2v) is 21.6. The van der Waals surface area contributed by atoms with Crippen LogP contribution in [0.3, 0.4) is 0 Å². The van der Waals surface area contributed by atoms with Gasteiger partial charge in [-0.15, -0.1) is 0 Å². The number of aryl methyl sites for hydroxylation is 1. The molecule has 5 heterocycles. The van der Waals surface area contributed by atoms with Gasteiger partial charge in [0.15, 0.2) is 5.82 Å². The van der Waals surface area contributed by atoms with Gasteiger partial charge in [-0.3, -0.25) is 29.5 Å². The maximum atomic E-state index is 13.3. The van der Waals surface area contributed by atoms with Crippen molar-refractivity contribution in [2.45, 2.75) is 76.0 Å². The average molecular weight is 910 g/mol. The van der Waals surface area contributed by atoms with Gasteiger partial charge in [-0.05, 0) is 87.7 Å². The molecule has 1 spiro atoms. The van der Waals surface area contributed by atoms with Crippen LogP contribution in [0.4, 0.5) is 28.8 Å². The third kappa shape index (κ3) is 8.92. The second-order valence-electron chi connectivity index (χ2n) is 18.0. The van der Waals surface area contributed by atoms with Gasteiger partial charge in [0.2, 0.25) is 17.8 Å². The number of rotatable bonds is 14. The molecule has 4 fully saturated rings. The number of imide groups is 1. The van der Waals surface area contributed by atoms with Crippen LogP contribution in [0.2, 0.25) is 5.02 Å². The Morgan fingerprint density at radius 3 is 2.48 bits per heavy atom. The van der Waals surface area contributed by atoms with Gasteiger partial charge in [0, 0.05) is 85.5 Å². The van der Waals surface area contributed by atoms with Gasteiger partial charge in [0.1, 0.15) is 36.3 Å². The van der Waals surface area contributed by atoms with E-state index in [0.29, 0.717) is 65.2 Å². The molecule has 4 aromatic rings. The molecule has 5 aliphatic rings. The van der Waals surface area contributed by atoms with Crippen LogP contribution in [0.5, 0.6) is 11.5 Å². The van der Waals surface area contributed by atoms with Crippen LogP contribution < -0.4 is 35.6 Å². The lowest BCUT2D eigenvalue weighted by molar-refractivity contribution is -0.136. The minimum Gasteiger partial charge on any atom is -0.494 e. The van der Waals surface area contributed by atoms with Crippen LogP contribution in [0.1, 0.15) is 66.9 Å². The van der Waals surface area contributed by atoms with Gasteiger partial charge in [-0.1, -0.05) is 36.7 Å². The molecule has 17 heteroatoms. The Balaban J connectivity index is 0.793. The molecule has 1 atom stereocenters. The minimum absolute atomic E-state index is 0.186. The molecule has 3 saturated heterocycles. The van der Waals surface area contributed by atoms with Gasteiger partial charge >= 0.3 is 0 Å². The number of carbonyl (C=O) groups is 3. The van der Waals surface area contributed by atoms with E-state index in [1.165, 1.54) is 24.1 Å². The Bertz CT molecular complexity index is 2510. The van der Waals surface area contributed by atoms with Crippen LogP contribution in [-0.4, -0.2) is 126 Å². The van der Waals surface area contributed by atoms with Gasteiger partial charge in [-0.25, -0.2) is 4.98 Å². The van der Waals surface area contributed by atoms with Gasteiger partial charge in [0.05, 0.1) is 31.2 Å². The lowest BCUT2D eigenvalue weighted by atomic mass is 9.98. The summed E-state index contributed by atoms with van der Waals surface area (Å²) in [5.41, 5.74) is 5.40. The fourth-order valence-corrected chi connectivity index (χ4v) is 11.3. The molecule has 3 aromatic carbocycles. The molecule has 1 aromatic heterocycles. The monoisotopic (exact) mass is 909 g/mol. The molecule has 15 nitrogen and oxygen atoms in total. The van der Waals surface area contributed by atoms with Crippen molar-refractivity contribution in [3.05, 3.63) is 82.5 Å². The SMILES string of the molecule is CCc1cc(Nc2ncc(Cl)c(Nc3ccccc3P(C)(C)=O)n2)c(OC)cc1N1CCC(N2CCN(CCOc3cccc4c3CN(C3CCC(=O)NC3=O)C4=O)C3(CC3)C2)CC1. The fourth-order valence-electron chi connectivity index (χ4n) is 10.0. The smallest absolute Gasteiger partial charge is 0.255 e. The third-order valence-electron chi connectivity index (χ3n) is 13.6. The zero-order valence-corrected chi connectivity index (χ0v) is 38.6. The summed E-state index contributed by atoms with van der Waals surface area (Å²) < 4.78 is 25.3. The maximum Gasteiger partial charge on any atom is 0.255 e. The van der Waals surface area contributed by atoms with Crippen molar-refractivity contribution in [2.75, 3.05) is 81.8 Å². The topological polar surface area (TPSA) is 162 Å². The molecule has 1 unspecified atom stereocenters. The highest BCUT2D eigenvalue weighted by Crippen LogP contribution is 2.46. The number of ether oxygens (including phenoxy) is 2. The zero-order valence-electron chi connectivity index (χ0n) is 37.0. The number of fused-ring (bicyclic) bond motifs is 1. The number of nitrogens with one attached hydrogen (secondary N) is 3. The average Bonchev–Trinajstić information content (AvgIpc) is 3.97. The molecule has 338 valence electrons. The van der Waals surface area contributed by atoms with E-state index < -0.39 is 19.1 Å². The maximum absolute atomic E-state index is 13.3. The number of benzene rings is 3. The van der Waals surface area contributed by atoms with Gasteiger partial charge < -0.3 is 34.5 Å². The standard InChI is InChI=1S/C47H57ClN9O6P/c1-5-30-25-36(51-46-49-27-34(48)43(53-46)50-35-10-6-7-12-41(35)64(3,4)61)40(62-2)26-38(30)54-19-15-31(16-20-54)55-21-22-56(47(29-55)17-18-47)23-24-63-39-11-8-9-32-33(39)28-57(45(32)60)37-13-14-42(58)52-44(37)59/h6-12,25-27,31,37H,5,13-24,28-29H2,1-4H3,(H,52,58,59)(H2,49,50,51,53). The van der Waals surface area contributed by atoms with E-state index in [4.69, 9.17) is 26.1 Å². The summed E-state index contributed by atoms with van der Waals surface area (Å²) in [5, 5.41) is 10.1. The summed E-state index contributed by atoms with van der Waals surface area (Å²) in [6.07, 6.45) is 7.49. The number of carbonyl (C=O) groups excluding carboxylic acids is 3. The van der Waals surface area contributed by atoms with E-state index >= 15 is 0 Å². The molecular formula is C47H57ClN9O6P. The highest BCUT2D eigenvalue weighted by atomic mass is 35.5. The number of piperidine rings is 2. The van der Waals surface area contributed by atoms with Crippen LogP contribution in [0, 0.1) is 0 Å². The predicted molar refractivity (Wildman–Crippen MR) is 250 cm³/mol. The highest BCUT2D eigenvalue weighted by molar-refractivity contribution is 7.70. The Kier molecular flexibility index (Phi) is 12.4. The molecule has 4 aliphatic heterocycles. The highest BCUT2D eigenvalue weighted by Gasteiger charge is 2.52. The number of anilines is 5. The van der Waals surface area contributed by atoms with Crippen LogP contribution in [0.25, 0.3) is 0 Å². The van der Waals surface area contributed by atoms with Crippen molar-refractivity contribution in [2.24, 2.45) is 0 Å². The summed E-state index contributed by atoms with van der Waals surface area (Å²) >= 11 is 6.55. The number of aromatic nitrogens is 2. The first-order chi connectivity index (χ1) is 30.8. The number of halogens is 1. The Labute approximate surface area is 379 Å². The van der Waals surface area contributed by atoms with Crippen molar-refractivity contribution < 1.29 is 28.4 Å². The van der Waals surface area contributed by atoms with E-state index in [2.05, 4.69) is 54.7 Å². The van der Waals surface area contributed by atoms with Crippen molar-refractivity contribution in [3.63, 3.8) is 0 Å².